The van der Waals surface area contributed by atoms with E-state index < -0.39 is 5.92 Å². The van der Waals surface area contributed by atoms with Crippen LogP contribution in [0.25, 0.3) is 0 Å². The van der Waals surface area contributed by atoms with E-state index >= 15 is 0 Å². The van der Waals surface area contributed by atoms with Crippen molar-refractivity contribution in [2.24, 2.45) is 5.92 Å². The molecule has 5 nitrogen and oxygen atoms in total. The lowest BCUT2D eigenvalue weighted by Gasteiger charge is -2.36. The maximum Gasteiger partial charge on any atom is 0.336 e. The molecule has 0 bridgehead atoms. The topological polar surface area (TPSA) is 64.6 Å². The maximum atomic E-state index is 13.5. The molecule has 2 atom stereocenters. The third-order valence-electron chi connectivity index (χ3n) is 5.97. The molecule has 0 unspecified atom stereocenters. The normalized spacial score (nSPS) is 20.8. The monoisotopic (exact) mass is 451 g/mol. The lowest BCUT2D eigenvalue weighted by Crippen LogP contribution is -2.36. The van der Waals surface area contributed by atoms with Crippen molar-refractivity contribution in [2.45, 2.75) is 45.4 Å². The Hall–Kier alpha value is -2.86. The van der Waals surface area contributed by atoms with Crippen LogP contribution in [0.5, 0.6) is 5.75 Å². The Kier molecular flexibility index (Phi) is 6.51. The smallest absolute Gasteiger partial charge is 0.336 e. The minimum absolute atomic E-state index is 0.0756. The largest absolute Gasteiger partial charge is 0.497 e. The quantitative estimate of drug-likeness (QED) is 0.603. The predicted octanol–water partition coefficient (Wildman–Crippen LogP) is 5.32. The molecule has 1 aromatic heterocycles. The number of carbonyl (C=O) groups excluding carboxylic acids is 2. The summed E-state index contributed by atoms with van der Waals surface area (Å²) in [5.41, 5.74) is 3.68. The molecule has 2 heterocycles. The van der Waals surface area contributed by atoms with Crippen molar-refractivity contribution in [3.05, 3.63) is 74.8 Å². The van der Waals surface area contributed by atoms with Gasteiger partial charge in [-0.15, -0.1) is 11.3 Å². The molecule has 4 rings (SSSR count). The molecule has 0 amide bonds. The van der Waals surface area contributed by atoms with E-state index in [1.54, 1.807) is 18.4 Å². The summed E-state index contributed by atoms with van der Waals surface area (Å²) < 4.78 is 11.0. The lowest BCUT2D eigenvalue weighted by molar-refractivity contribution is -0.140. The summed E-state index contributed by atoms with van der Waals surface area (Å²) in [7, 11) is 1.61. The molecule has 6 heteroatoms. The zero-order valence-electron chi connectivity index (χ0n) is 18.9. The SMILES string of the molecule is COc1cccc([C@@H]2C(C(=O)OCC(C)C)=C(C)NC3=C2C(=O)C[C@@H](c2cccs2)C3)c1. The summed E-state index contributed by atoms with van der Waals surface area (Å²) in [6, 6.07) is 11.7. The highest BCUT2D eigenvalue weighted by Gasteiger charge is 2.41. The van der Waals surface area contributed by atoms with Crippen molar-refractivity contribution in [2.75, 3.05) is 13.7 Å². The number of hydrogen-bond donors (Lipinski definition) is 1. The van der Waals surface area contributed by atoms with Crippen LogP contribution in [-0.2, 0) is 14.3 Å². The minimum atomic E-state index is -0.474. The molecule has 168 valence electrons. The molecule has 1 aromatic carbocycles. The molecule has 0 saturated carbocycles. The van der Waals surface area contributed by atoms with Gasteiger partial charge in [0.05, 0.1) is 19.3 Å². The molecule has 0 fully saturated rings. The van der Waals surface area contributed by atoms with Crippen LogP contribution in [0.4, 0.5) is 0 Å². The Balaban J connectivity index is 1.78. The Bertz CT molecular complexity index is 1080. The standard InChI is InChI=1S/C26H29NO4S/c1-15(2)14-31-26(29)23-16(3)27-20-12-18(22-9-6-10-32-22)13-21(28)25(20)24(23)17-7-5-8-19(11-17)30-4/h5-11,15,18,24,27H,12-14H2,1-4H3/t18-,24+/m0/s1. The highest BCUT2D eigenvalue weighted by atomic mass is 32.1. The third kappa shape index (κ3) is 4.37. The van der Waals surface area contributed by atoms with Gasteiger partial charge in [0.2, 0.25) is 0 Å². The molecule has 2 aliphatic rings. The number of methoxy groups -OCH3 is 1. The van der Waals surface area contributed by atoms with Crippen LogP contribution in [0.2, 0.25) is 0 Å². The van der Waals surface area contributed by atoms with E-state index in [2.05, 4.69) is 11.4 Å². The number of esters is 1. The van der Waals surface area contributed by atoms with Crippen molar-refractivity contribution in [3.8, 4) is 5.75 Å². The van der Waals surface area contributed by atoms with Crippen LogP contribution >= 0.6 is 11.3 Å². The first kappa shape index (κ1) is 22.3. The fraction of sp³-hybridized carbons (Fsp3) is 0.385. The summed E-state index contributed by atoms with van der Waals surface area (Å²) in [6.07, 6.45) is 1.18. The van der Waals surface area contributed by atoms with Gasteiger partial charge in [0.25, 0.3) is 0 Å². The fourth-order valence-electron chi connectivity index (χ4n) is 4.51. The zero-order chi connectivity index (χ0) is 22.8. The predicted molar refractivity (Wildman–Crippen MR) is 126 cm³/mol. The highest BCUT2D eigenvalue weighted by molar-refractivity contribution is 7.10. The summed E-state index contributed by atoms with van der Waals surface area (Å²) in [5, 5.41) is 5.45. The van der Waals surface area contributed by atoms with Crippen LogP contribution in [0, 0.1) is 5.92 Å². The number of ether oxygens (including phenoxy) is 2. The number of thiophene rings is 1. The second-order valence-corrected chi connectivity index (χ2v) is 9.78. The fourth-order valence-corrected chi connectivity index (χ4v) is 5.34. The first-order chi connectivity index (χ1) is 15.4. The van der Waals surface area contributed by atoms with Crippen LogP contribution in [-0.4, -0.2) is 25.5 Å². The molecule has 1 aliphatic carbocycles. The van der Waals surface area contributed by atoms with Gasteiger partial charge in [-0.25, -0.2) is 4.79 Å². The van der Waals surface area contributed by atoms with Crippen molar-refractivity contribution in [1.29, 1.82) is 0 Å². The molecule has 2 aromatic rings. The molecule has 32 heavy (non-hydrogen) atoms. The molecule has 0 spiro atoms. The van der Waals surface area contributed by atoms with Crippen LogP contribution < -0.4 is 10.1 Å². The number of ketones is 1. The van der Waals surface area contributed by atoms with Crippen molar-refractivity contribution in [3.63, 3.8) is 0 Å². The molecular weight excluding hydrogens is 422 g/mol. The van der Waals surface area contributed by atoms with Crippen molar-refractivity contribution in [1.82, 2.24) is 5.32 Å². The van der Waals surface area contributed by atoms with E-state index in [4.69, 9.17) is 9.47 Å². The van der Waals surface area contributed by atoms with E-state index in [1.165, 1.54) is 4.88 Å². The summed E-state index contributed by atoms with van der Waals surface area (Å²) >= 11 is 1.68. The third-order valence-corrected chi connectivity index (χ3v) is 7.00. The molecule has 1 aliphatic heterocycles. The molecule has 0 saturated heterocycles. The Morgan fingerprint density at radius 2 is 2.03 bits per heavy atom. The van der Waals surface area contributed by atoms with Crippen LogP contribution in [0.15, 0.2) is 64.3 Å². The molecule has 0 radical (unpaired) electrons. The van der Waals surface area contributed by atoms with Crippen molar-refractivity contribution >= 4 is 23.1 Å². The average Bonchev–Trinajstić information content (AvgIpc) is 3.31. The van der Waals surface area contributed by atoms with Gasteiger partial charge in [-0.1, -0.05) is 32.0 Å². The van der Waals surface area contributed by atoms with E-state index in [0.29, 0.717) is 29.9 Å². The van der Waals surface area contributed by atoms with E-state index in [0.717, 1.165) is 23.4 Å². The number of dihydropyridines is 1. The number of benzene rings is 1. The van der Waals surface area contributed by atoms with Gasteiger partial charge in [0, 0.05) is 40.1 Å². The number of allylic oxidation sites excluding steroid dienone is 3. The average molecular weight is 452 g/mol. The lowest BCUT2D eigenvalue weighted by atomic mass is 9.72. The second-order valence-electron chi connectivity index (χ2n) is 8.80. The van der Waals surface area contributed by atoms with Gasteiger partial charge in [-0.3, -0.25) is 4.79 Å². The summed E-state index contributed by atoms with van der Waals surface area (Å²) in [5.74, 6) is 0.294. The van der Waals surface area contributed by atoms with Crippen LogP contribution in [0.1, 0.15) is 55.9 Å². The van der Waals surface area contributed by atoms with Crippen LogP contribution in [0.3, 0.4) is 0 Å². The number of carbonyl (C=O) groups is 2. The van der Waals surface area contributed by atoms with Gasteiger partial charge >= 0.3 is 5.97 Å². The summed E-state index contributed by atoms with van der Waals surface area (Å²) in [4.78, 5) is 27.9. The maximum absolute atomic E-state index is 13.5. The zero-order valence-corrected chi connectivity index (χ0v) is 19.8. The van der Waals surface area contributed by atoms with Gasteiger partial charge in [-0.05, 0) is 48.4 Å². The first-order valence-electron chi connectivity index (χ1n) is 11.0. The second kappa shape index (κ2) is 9.33. The number of Topliss-reactive ketones (excluding diaryl/α,β-unsaturated/α-hetero) is 1. The van der Waals surface area contributed by atoms with E-state index in [-0.39, 0.29) is 23.6 Å². The summed E-state index contributed by atoms with van der Waals surface area (Å²) in [6.45, 7) is 6.23. The molecule has 1 N–H and O–H groups in total. The van der Waals surface area contributed by atoms with E-state index in [1.807, 2.05) is 56.5 Å². The molecular formula is C26H29NO4S. The first-order valence-corrected chi connectivity index (χ1v) is 11.9. The Morgan fingerprint density at radius 3 is 2.72 bits per heavy atom. The van der Waals surface area contributed by atoms with Gasteiger partial charge < -0.3 is 14.8 Å². The Morgan fingerprint density at radius 1 is 1.22 bits per heavy atom. The van der Waals surface area contributed by atoms with Gasteiger partial charge in [0.15, 0.2) is 5.78 Å². The highest BCUT2D eigenvalue weighted by Crippen LogP contribution is 2.46. The van der Waals surface area contributed by atoms with Gasteiger partial charge in [0.1, 0.15) is 5.75 Å². The minimum Gasteiger partial charge on any atom is -0.497 e. The van der Waals surface area contributed by atoms with Crippen molar-refractivity contribution < 1.29 is 19.1 Å². The Labute approximate surface area is 193 Å². The number of nitrogens with one attached hydrogen (secondary N) is 1. The number of rotatable bonds is 6. The number of hydrogen-bond acceptors (Lipinski definition) is 6. The van der Waals surface area contributed by atoms with Gasteiger partial charge in [-0.2, -0.15) is 0 Å². The van der Waals surface area contributed by atoms with E-state index in [9.17, 15) is 9.59 Å².